The molecule has 1 aromatic carbocycles. The minimum absolute atomic E-state index is 0.0306. The molecule has 1 aromatic rings. The van der Waals surface area contributed by atoms with Crippen molar-refractivity contribution < 1.29 is 15.0 Å². The van der Waals surface area contributed by atoms with Crippen molar-refractivity contribution in [2.24, 2.45) is 0 Å². The first-order chi connectivity index (χ1) is 7.66. The van der Waals surface area contributed by atoms with Crippen LogP contribution < -0.4 is 0 Å². The maximum absolute atomic E-state index is 10.8. The van der Waals surface area contributed by atoms with Crippen LogP contribution in [0.5, 0.6) is 5.75 Å². The second-order valence-corrected chi connectivity index (χ2v) is 3.54. The van der Waals surface area contributed by atoms with E-state index in [9.17, 15) is 9.90 Å². The molecule has 0 aliphatic carbocycles. The summed E-state index contributed by atoms with van der Waals surface area (Å²) in [6.07, 6.45) is 6.54. The molecule has 2 N–H and O–H groups in total. The minimum Gasteiger partial charge on any atom is -0.507 e. The molecule has 0 aliphatic rings. The van der Waals surface area contributed by atoms with E-state index in [4.69, 9.17) is 5.11 Å². The third-order valence-corrected chi connectivity index (χ3v) is 2.33. The predicted molar refractivity (Wildman–Crippen MR) is 62.8 cm³/mol. The maximum Gasteiger partial charge on any atom is 0.339 e. The number of hydrogen-bond donors (Lipinski definition) is 2. The fourth-order valence-electron chi connectivity index (χ4n) is 1.49. The maximum atomic E-state index is 10.8. The van der Waals surface area contributed by atoms with Crippen molar-refractivity contribution in [3.8, 4) is 5.75 Å². The number of benzene rings is 1. The molecule has 0 radical (unpaired) electrons. The Bertz CT molecular complexity index is 394. The Hall–Kier alpha value is -1.77. The van der Waals surface area contributed by atoms with E-state index in [2.05, 4.69) is 13.0 Å². The lowest BCUT2D eigenvalue weighted by Gasteiger charge is -2.05. The second kappa shape index (κ2) is 5.95. The summed E-state index contributed by atoms with van der Waals surface area (Å²) in [6, 6.07) is 4.81. The van der Waals surface area contributed by atoms with Crippen LogP contribution in [0, 0.1) is 0 Å². The Labute approximate surface area is 95.0 Å². The van der Waals surface area contributed by atoms with Gasteiger partial charge in [0.15, 0.2) is 0 Å². The van der Waals surface area contributed by atoms with E-state index in [0.29, 0.717) is 12.0 Å². The number of aryl methyl sites for hydroxylation is 1. The van der Waals surface area contributed by atoms with E-state index in [1.54, 1.807) is 12.1 Å². The van der Waals surface area contributed by atoms with Crippen molar-refractivity contribution >= 4 is 5.97 Å². The third-order valence-electron chi connectivity index (χ3n) is 2.33. The van der Waals surface area contributed by atoms with Gasteiger partial charge in [-0.15, -0.1) is 0 Å². The van der Waals surface area contributed by atoms with Crippen LogP contribution >= 0.6 is 0 Å². The number of aromatic hydroxyl groups is 1. The van der Waals surface area contributed by atoms with Crippen molar-refractivity contribution in [3.05, 3.63) is 41.5 Å². The van der Waals surface area contributed by atoms with Gasteiger partial charge in [0, 0.05) is 0 Å². The van der Waals surface area contributed by atoms with Crippen LogP contribution in [-0.2, 0) is 6.42 Å². The van der Waals surface area contributed by atoms with E-state index in [-0.39, 0.29) is 11.3 Å². The van der Waals surface area contributed by atoms with Crippen LogP contribution in [-0.4, -0.2) is 16.2 Å². The first-order valence-electron chi connectivity index (χ1n) is 5.36. The molecule has 0 spiro atoms. The monoisotopic (exact) mass is 220 g/mol. The molecule has 0 heterocycles. The van der Waals surface area contributed by atoms with Crippen LogP contribution in [0.1, 0.15) is 35.7 Å². The van der Waals surface area contributed by atoms with Gasteiger partial charge in [-0.2, -0.15) is 0 Å². The molecule has 0 fully saturated rings. The van der Waals surface area contributed by atoms with Crippen LogP contribution in [0.25, 0.3) is 0 Å². The third kappa shape index (κ3) is 3.12. The lowest BCUT2D eigenvalue weighted by Crippen LogP contribution is -1.98. The van der Waals surface area contributed by atoms with E-state index < -0.39 is 5.97 Å². The first-order valence-corrected chi connectivity index (χ1v) is 5.36. The average molecular weight is 220 g/mol. The minimum atomic E-state index is -1.09. The van der Waals surface area contributed by atoms with Gasteiger partial charge in [-0.05, 0) is 30.9 Å². The van der Waals surface area contributed by atoms with E-state index in [1.807, 2.05) is 6.08 Å². The molecule has 0 bridgehead atoms. The summed E-state index contributed by atoms with van der Waals surface area (Å²) in [5.74, 6) is -1.21. The van der Waals surface area contributed by atoms with Gasteiger partial charge in [-0.1, -0.05) is 31.2 Å². The normalized spacial score (nSPS) is 10.8. The van der Waals surface area contributed by atoms with Gasteiger partial charge >= 0.3 is 5.97 Å². The summed E-state index contributed by atoms with van der Waals surface area (Å²) >= 11 is 0. The molecule has 86 valence electrons. The van der Waals surface area contributed by atoms with Gasteiger partial charge in [0.05, 0.1) is 0 Å². The molecule has 0 unspecified atom stereocenters. The van der Waals surface area contributed by atoms with E-state index >= 15 is 0 Å². The fraction of sp³-hybridized carbons (Fsp3) is 0.308. The molecule has 3 nitrogen and oxygen atoms in total. The lowest BCUT2D eigenvalue weighted by molar-refractivity contribution is 0.0693. The number of aromatic carboxylic acids is 1. The molecule has 0 saturated heterocycles. The second-order valence-electron chi connectivity index (χ2n) is 3.54. The highest BCUT2D eigenvalue weighted by Gasteiger charge is 2.11. The number of rotatable bonds is 5. The molecule has 1 rings (SSSR count). The molecule has 0 saturated carbocycles. The van der Waals surface area contributed by atoms with Crippen molar-refractivity contribution in [1.29, 1.82) is 0 Å². The molecule has 0 aromatic heterocycles. The zero-order valence-electron chi connectivity index (χ0n) is 9.31. The largest absolute Gasteiger partial charge is 0.507 e. The Morgan fingerprint density at radius 3 is 2.75 bits per heavy atom. The first kappa shape index (κ1) is 12.3. The molecule has 16 heavy (non-hydrogen) atoms. The highest BCUT2D eigenvalue weighted by Crippen LogP contribution is 2.23. The highest BCUT2D eigenvalue weighted by atomic mass is 16.4. The smallest absolute Gasteiger partial charge is 0.339 e. The quantitative estimate of drug-likeness (QED) is 0.750. The van der Waals surface area contributed by atoms with Crippen LogP contribution in [0.2, 0.25) is 0 Å². The van der Waals surface area contributed by atoms with Crippen LogP contribution in [0.15, 0.2) is 30.4 Å². The van der Waals surface area contributed by atoms with Gasteiger partial charge < -0.3 is 10.2 Å². The number of carbonyl (C=O) groups is 1. The summed E-state index contributed by atoms with van der Waals surface area (Å²) in [5.41, 5.74) is 0.651. The fourth-order valence-corrected chi connectivity index (χ4v) is 1.49. The van der Waals surface area contributed by atoms with Crippen molar-refractivity contribution in [2.75, 3.05) is 0 Å². The molecular formula is C13H16O3. The Morgan fingerprint density at radius 2 is 2.12 bits per heavy atom. The molecule has 0 amide bonds. The number of carboxylic acids is 1. The number of para-hydroxylation sites is 1. The Kier molecular flexibility index (Phi) is 4.58. The van der Waals surface area contributed by atoms with Crippen molar-refractivity contribution in [2.45, 2.75) is 26.2 Å². The van der Waals surface area contributed by atoms with E-state index in [0.717, 1.165) is 12.8 Å². The van der Waals surface area contributed by atoms with Gasteiger partial charge in [-0.3, -0.25) is 0 Å². The number of carboxylic acid groups (broad SMARTS) is 1. The summed E-state index contributed by atoms with van der Waals surface area (Å²) in [5, 5.41) is 18.5. The van der Waals surface area contributed by atoms with E-state index in [1.165, 1.54) is 6.07 Å². The summed E-state index contributed by atoms with van der Waals surface area (Å²) < 4.78 is 0. The summed E-state index contributed by atoms with van der Waals surface area (Å²) in [4.78, 5) is 10.8. The van der Waals surface area contributed by atoms with Gasteiger partial charge in [0.1, 0.15) is 11.3 Å². The highest BCUT2D eigenvalue weighted by molar-refractivity contribution is 5.91. The van der Waals surface area contributed by atoms with Gasteiger partial charge in [-0.25, -0.2) is 4.79 Å². The standard InChI is InChI=1S/C13H16O3/c1-2-3-4-5-7-10-8-6-9-11(12(10)14)13(15)16/h3-4,6,8-9,14H,2,5,7H2,1H3,(H,15,16)/b4-3-. The molecule has 0 atom stereocenters. The number of phenols is 1. The number of hydrogen-bond acceptors (Lipinski definition) is 2. The topological polar surface area (TPSA) is 57.5 Å². The van der Waals surface area contributed by atoms with Crippen molar-refractivity contribution in [1.82, 2.24) is 0 Å². The lowest BCUT2D eigenvalue weighted by atomic mass is 10.0. The van der Waals surface area contributed by atoms with Crippen molar-refractivity contribution in [3.63, 3.8) is 0 Å². The van der Waals surface area contributed by atoms with Crippen LogP contribution in [0.3, 0.4) is 0 Å². The van der Waals surface area contributed by atoms with Gasteiger partial charge in [0.25, 0.3) is 0 Å². The molecule has 0 aliphatic heterocycles. The SMILES string of the molecule is CC/C=C\CCc1cccc(C(=O)O)c1O. The van der Waals surface area contributed by atoms with Crippen LogP contribution in [0.4, 0.5) is 0 Å². The molecule has 3 heteroatoms. The number of allylic oxidation sites excluding steroid dienone is 2. The zero-order valence-corrected chi connectivity index (χ0v) is 9.31. The predicted octanol–water partition coefficient (Wildman–Crippen LogP) is 2.99. The van der Waals surface area contributed by atoms with Gasteiger partial charge in [0.2, 0.25) is 0 Å². The zero-order chi connectivity index (χ0) is 12.0. The summed E-state index contributed by atoms with van der Waals surface area (Å²) in [7, 11) is 0. The Balaban J connectivity index is 2.77. The average Bonchev–Trinajstić information content (AvgIpc) is 2.26. The Morgan fingerprint density at radius 1 is 1.38 bits per heavy atom. The molecular weight excluding hydrogens is 204 g/mol. The summed E-state index contributed by atoms with van der Waals surface area (Å²) in [6.45, 7) is 2.05.